The van der Waals surface area contributed by atoms with Crippen molar-refractivity contribution in [2.24, 2.45) is 0 Å². The Kier molecular flexibility index (Phi) is 5.36. The predicted octanol–water partition coefficient (Wildman–Crippen LogP) is 5.63. The number of carbonyl (C=O) groups excluding carboxylic acids is 2. The van der Waals surface area contributed by atoms with E-state index in [0.29, 0.717) is 38.8 Å². The van der Waals surface area contributed by atoms with E-state index in [4.69, 9.17) is 4.42 Å². The van der Waals surface area contributed by atoms with E-state index in [9.17, 15) is 19.5 Å². The number of fused-ring (bicyclic) bond motifs is 3. The molecule has 0 radical (unpaired) electrons. The van der Waals surface area contributed by atoms with Crippen LogP contribution in [0.25, 0.3) is 22.3 Å². The van der Waals surface area contributed by atoms with Crippen molar-refractivity contribution in [3.63, 3.8) is 0 Å². The summed E-state index contributed by atoms with van der Waals surface area (Å²) in [5, 5.41) is 10.3. The first-order valence-corrected chi connectivity index (χ1v) is 10.6. The molecule has 0 unspecified atom stereocenters. The van der Waals surface area contributed by atoms with Gasteiger partial charge in [0.2, 0.25) is 11.2 Å². The molecule has 0 spiro atoms. The molecule has 1 N–H and O–H groups in total. The molecule has 0 atom stereocenters. The maximum absolute atomic E-state index is 12.1. The summed E-state index contributed by atoms with van der Waals surface area (Å²) in [4.78, 5) is 36.2. The Bertz CT molecular complexity index is 1510. The molecule has 5 aromatic rings. The number of para-hydroxylation sites is 1. The number of rotatable bonds is 1. The number of aromatic hydroxyl groups is 1. The van der Waals surface area contributed by atoms with Gasteiger partial charge in [0.1, 0.15) is 5.58 Å². The van der Waals surface area contributed by atoms with Crippen molar-refractivity contribution in [2.45, 2.75) is 0 Å². The maximum atomic E-state index is 12.1. The Morgan fingerprint density at radius 3 is 1.50 bits per heavy atom. The topological polar surface area (TPSA) is 84.6 Å². The zero-order valence-corrected chi connectivity index (χ0v) is 17.9. The standard InChI is InChI=1S/C15H10O3.C14H8O2/c16-13-11-8-4-5-9-12(11)18-15(14(13)17)10-6-2-1-3-7-10;15-13-9-5-1-2-6-10(9)14(16)12-8-4-3-7-11(12)13/h1-9,17H;1-8H. The van der Waals surface area contributed by atoms with Gasteiger partial charge < -0.3 is 9.52 Å². The van der Waals surface area contributed by atoms with Gasteiger partial charge in [0, 0.05) is 27.8 Å². The highest BCUT2D eigenvalue weighted by atomic mass is 16.4. The van der Waals surface area contributed by atoms with Gasteiger partial charge in [-0.25, -0.2) is 0 Å². The van der Waals surface area contributed by atoms with Gasteiger partial charge in [0.25, 0.3) is 0 Å². The summed E-state index contributed by atoms with van der Waals surface area (Å²) in [5.74, 6) is -0.268. The molecule has 0 amide bonds. The number of hydrogen-bond acceptors (Lipinski definition) is 5. The minimum absolute atomic E-state index is 0.0641. The lowest BCUT2D eigenvalue weighted by atomic mass is 9.84. The van der Waals surface area contributed by atoms with Crippen molar-refractivity contribution in [1.29, 1.82) is 0 Å². The highest BCUT2D eigenvalue weighted by Crippen LogP contribution is 2.29. The van der Waals surface area contributed by atoms with Crippen LogP contribution in [-0.2, 0) is 0 Å². The van der Waals surface area contributed by atoms with Crippen LogP contribution in [-0.4, -0.2) is 16.7 Å². The van der Waals surface area contributed by atoms with Gasteiger partial charge in [0.05, 0.1) is 5.39 Å². The van der Waals surface area contributed by atoms with E-state index in [1.54, 1.807) is 84.9 Å². The molecule has 0 saturated carbocycles. The lowest BCUT2D eigenvalue weighted by Crippen LogP contribution is -2.20. The molecule has 5 nitrogen and oxygen atoms in total. The average molecular weight is 446 g/mol. The Morgan fingerprint density at radius 2 is 0.971 bits per heavy atom. The molecule has 0 fully saturated rings. The van der Waals surface area contributed by atoms with Crippen LogP contribution in [0.15, 0.2) is 112 Å². The van der Waals surface area contributed by atoms with Crippen LogP contribution in [0, 0.1) is 0 Å². The number of ketones is 2. The van der Waals surface area contributed by atoms with Gasteiger partial charge >= 0.3 is 0 Å². The lowest BCUT2D eigenvalue weighted by molar-refractivity contribution is 0.0979. The van der Waals surface area contributed by atoms with Crippen LogP contribution in [0.2, 0.25) is 0 Å². The summed E-state index contributed by atoms with van der Waals surface area (Å²) in [6, 6.07) is 29.9. The average Bonchev–Trinajstić information content (AvgIpc) is 2.90. The van der Waals surface area contributed by atoms with Crippen LogP contribution in [0.1, 0.15) is 31.8 Å². The zero-order chi connectivity index (χ0) is 23.7. The third kappa shape index (κ3) is 3.59. The maximum Gasteiger partial charge on any atom is 0.235 e. The first kappa shape index (κ1) is 21.1. The quantitative estimate of drug-likeness (QED) is 0.354. The third-order valence-electron chi connectivity index (χ3n) is 5.64. The van der Waals surface area contributed by atoms with Crippen molar-refractivity contribution < 1.29 is 19.1 Å². The molecule has 0 saturated heterocycles. The lowest BCUT2D eigenvalue weighted by Gasteiger charge is -2.16. The summed E-state index contributed by atoms with van der Waals surface area (Å²) < 4.78 is 5.61. The van der Waals surface area contributed by atoms with E-state index >= 15 is 0 Å². The van der Waals surface area contributed by atoms with E-state index < -0.39 is 5.43 Å². The number of carbonyl (C=O) groups is 2. The van der Waals surface area contributed by atoms with Gasteiger partial charge in [-0.3, -0.25) is 14.4 Å². The van der Waals surface area contributed by atoms with Gasteiger partial charge in [-0.15, -0.1) is 0 Å². The molecule has 1 heterocycles. The molecular formula is C29H18O5. The normalized spacial score (nSPS) is 11.9. The predicted molar refractivity (Wildman–Crippen MR) is 129 cm³/mol. The highest BCUT2D eigenvalue weighted by Gasteiger charge is 2.28. The van der Waals surface area contributed by atoms with Gasteiger partial charge in [0.15, 0.2) is 17.3 Å². The fraction of sp³-hybridized carbons (Fsp3) is 0. The number of benzene rings is 4. The largest absolute Gasteiger partial charge is 0.502 e. The molecule has 0 aliphatic heterocycles. The molecule has 34 heavy (non-hydrogen) atoms. The van der Waals surface area contributed by atoms with Crippen molar-refractivity contribution in [3.8, 4) is 17.1 Å². The second-order valence-corrected chi connectivity index (χ2v) is 7.72. The Balaban J connectivity index is 0.000000142. The van der Waals surface area contributed by atoms with Crippen LogP contribution in [0.5, 0.6) is 5.75 Å². The second kappa shape index (κ2) is 8.64. The van der Waals surface area contributed by atoms with Crippen LogP contribution in [0.3, 0.4) is 0 Å². The van der Waals surface area contributed by atoms with E-state index in [-0.39, 0.29) is 23.1 Å². The van der Waals surface area contributed by atoms with E-state index in [1.807, 2.05) is 18.2 Å². The third-order valence-corrected chi connectivity index (χ3v) is 5.64. The molecule has 1 aromatic heterocycles. The Morgan fingerprint density at radius 1 is 0.529 bits per heavy atom. The van der Waals surface area contributed by atoms with Crippen molar-refractivity contribution >= 4 is 22.5 Å². The fourth-order valence-corrected chi connectivity index (χ4v) is 3.97. The van der Waals surface area contributed by atoms with Crippen molar-refractivity contribution in [1.82, 2.24) is 0 Å². The first-order valence-electron chi connectivity index (χ1n) is 10.6. The molecule has 0 bridgehead atoms. The SMILES string of the molecule is O=C1c2ccccc2C(=O)c2ccccc21.O=c1c(O)c(-c2ccccc2)oc2ccccc12. The monoisotopic (exact) mass is 446 g/mol. The van der Waals surface area contributed by atoms with Gasteiger partial charge in [-0.05, 0) is 12.1 Å². The molecule has 6 rings (SSSR count). The second-order valence-electron chi connectivity index (χ2n) is 7.72. The van der Waals surface area contributed by atoms with Crippen LogP contribution >= 0.6 is 0 Å². The van der Waals surface area contributed by atoms with E-state index in [2.05, 4.69) is 0 Å². The molecule has 4 aromatic carbocycles. The summed E-state index contributed by atoms with van der Waals surface area (Å²) in [7, 11) is 0. The molecule has 164 valence electrons. The summed E-state index contributed by atoms with van der Waals surface area (Å²) in [6.45, 7) is 0. The summed E-state index contributed by atoms with van der Waals surface area (Å²) in [6.07, 6.45) is 0. The van der Waals surface area contributed by atoms with Crippen molar-refractivity contribution in [2.75, 3.05) is 0 Å². The first-order chi connectivity index (χ1) is 16.6. The highest BCUT2D eigenvalue weighted by molar-refractivity contribution is 6.28. The fourth-order valence-electron chi connectivity index (χ4n) is 3.97. The smallest absolute Gasteiger partial charge is 0.235 e. The number of hydrogen-bond donors (Lipinski definition) is 1. The Labute approximate surface area is 194 Å². The molecular weight excluding hydrogens is 428 g/mol. The zero-order valence-electron chi connectivity index (χ0n) is 17.9. The van der Waals surface area contributed by atoms with Crippen LogP contribution in [0.4, 0.5) is 0 Å². The summed E-state index contributed by atoms with van der Waals surface area (Å²) >= 11 is 0. The van der Waals surface area contributed by atoms with Gasteiger partial charge in [-0.1, -0.05) is 91.0 Å². The minimum Gasteiger partial charge on any atom is -0.502 e. The van der Waals surface area contributed by atoms with E-state index in [0.717, 1.165) is 0 Å². The van der Waals surface area contributed by atoms with Crippen LogP contribution < -0.4 is 5.43 Å². The van der Waals surface area contributed by atoms with Crippen molar-refractivity contribution in [3.05, 3.63) is 136 Å². The summed E-state index contributed by atoms with van der Waals surface area (Å²) in [5.41, 5.74) is 2.77. The minimum atomic E-state index is -0.407. The molecule has 5 heteroatoms. The van der Waals surface area contributed by atoms with E-state index in [1.165, 1.54) is 0 Å². The molecule has 1 aliphatic rings. The molecule has 1 aliphatic carbocycles. The van der Waals surface area contributed by atoms with Gasteiger partial charge in [-0.2, -0.15) is 0 Å². The Hall–Kier alpha value is -4.77.